The SMILES string of the molecule is CCNC(=O)c1ccc(NCCCN)c(C)c1. The van der Waals surface area contributed by atoms with E-state index in [1.807, 2.05) is 32.0 Å². The zero-order chi connectivity index (χ0) is 12.7. The summed E-state index contributed by atoms with van der Waals surface area (Å²) >= 11 is 0. The second-order valence-corrected chi connectivity index (χ2v) is 3.96. The number of carbonyl (C=O) groups excluding carboxylic acids is 1. The van der Waals surface area contributed by atoms with E-state index in [2.05, 4.69) is 10.6 Å². The molecular weight excluding hydrogens is 214 g/mol. The second-order valence-electron chi connectivity index (χ2n) is 3.96. The van der Waals surface area contributed by atoms with Crippen molar-refractivity contribution in [1.29, 1.82) is 0 Å². The van der Waals surface area contributed by atoms with Gasteiger partial charge in [0.25, 0.3) is 5.91 Å². The minimum atomic E-state index is -0.0240. The number of rotatable bonds is 6. The van der Waals surface area contributed by atoms with E-state index in [1.54, 1.807) is 0 Å². The minimum Gasteiger partial charge on any atom is -0.385 e. The van der Waals surface area contributed by atoms with Crippen LogP contribution in [0.25, 0.3) is 0 Å². The van der Waals surface area contributed by atoms with Crippen molar-refractivity contribution in [2.45, 2.75) is 20.3 Å². The Morgan fingerprint density at radius 2 is 2.18 bits per heavy atom. The van der Waals surface area contributed by atoms with Crippen LogP contribution in [0.3, 0.4) is 0 Å². The number of anilines is 1. The lowest BCUT2D eigenvalue weighted by molar-refractivity contribution is 0.0956. The normalized spacial score (nSPS) is 10.1. The molecule has 0 unspecified atom stereocenters. The van der Waals surface area contributed by atoms with E-state index in [0.717, 1.165) is 24.2 Å². The molecule has 1 aromatic carbocycles. The highest BCUT2D eigenvalue weighted by molar-refractivity contribution is 5.94. The van der Waals surface area contributed by atoms with Crippen LogP contribution >= 0.6 is 0 Å². The third-order valence-electron chi connectivity index (χ3n) is 2.52. The first-order chi connectivity index (χ1) is 8.19. The Hall–Kier alpha value is -1.55. The van der Waals surface area contributed by atoms with Gasteiger partial charge < -0.3 is 16.4 Å². The van der Waals surface area contributed by atoms with Gasteiger partial charge in [0, 0.05) is 24.3 Å². The lowest BCUT2D eigenvalue weighted by atomic mass is 10.1. The zero-order valence-electron chi connectivity index (χ0n) is 10.5. The summed E-state index contributed by atoms with van der Waals surface area (Å²) in [6, 6.07) is 5.68. The largest absolute Gasteiger partial charge is 0.385 e. The molecule has 1 rings (SSSR count). The summed E-state index contributed by atoms with van der Waals surface area (Å²) < 4.78 is 0. The Balaban J connectivity index is 2.68. The topological polar surface area (TPSA) is 67.2 Å². The molecule has 0 aliphatic carbocycles. The van der Waals surface area contributed by atoms with Gasteiger partial charge in [-0.2, -0.15) is 0 Å². The highest BCUT2D eigenvalue weighted by Crippen LogP contribution is 2.16. The van der Waals surface area contributed by atoms with Gasteiger partial charge in [0.2, 0.25) is 0 Å². The molecule has 4 heteroatoms. The van der Waals surface area contributed by atoms with Crippen LogP contribution in [0, 0.1) is 6.92 Å². The first-order valence-corrected chi connectivity index (χ1v) is 6.01. The fourth-order valence-corrected chi connectivity index (χ4v) is 1.59. The van der Waals surface area contributed by atoms with E-state index < -0.39 is 0 Å². The highest BCUT2D eigenvalue weighted by atomic mass is 16.1. The number of nitrogens with one attached hydrogen (secondary N) is 2. The number of nitrogens with two attached hydrogens (primary N) is 1. The summed E-state index contributed by atoms with van der Waals surface area (Å²) in [6.07, 6.45) is 0.942. The maximum Gasteiger partial charge on any atom is 0.251 e. The smallest absolute Gasteiger partial charge is 0.251 e. The molecule has 94 valence electrons. The zero-order valence-corrected chi connectivity index (χ0v) is 10.5. The van der Waals surface area contributed by atoms with Gasteiger partial charge in [0.05, 0.1) is 0 Å². The summed E-state index contributed by atoms with van der Waals surface area (Å²) in [5.74, 6) is -0.0240. The fourth-order valence-electron chi connectivity index (χ4n) is 1.59. The first-order valence-electron chi connectivity index (χ1n) is 6.01. The molecule has 0 aromatic heterocycles. The predicted molar refractivity (Wildman–Crippen MR) is 71.3 cm³/mol. The monoisotopic (exact) mass is 235 g/mol. The number of carbonyl (C=O) groups is 1. The molecule has 0 aliphatic rings. The van der Waals surface area contributed by atoms with Gasteiger partial charge in [0.15, 0.2) is 0 Å². The minimum absolute atomic E-state index is 0.0240. The van der Waals surface area contributed by atoms with E-state index >= 15 is 0 Å². The highest BCUT2D eigenvalue weighted by Gasteiger charge is 2.06. The maximum atomic E-state index is 11.6. The van der Waals surface area contributed by atoms with Gasteiger partial charge in [-0.3, -0.25) is 4.79 Å². The maximum absolute atomic E-state index is 11.6. The molecule has 4 nitrogen and oxygen atoms in total. The van der Waals surface area contributed by atoms with Gasteiger partial charge >= 0.3 is 0 Å². The van der Waals surface area contributed by atoms with Gasteiger partial charge in [-0.25, -0.2) is 0 Å². The number of benzene rings is 1. The summed E-state index contributed by atoms with van der Waals surface area (Å²) in [5, 5.41) is 6.09. The van der Waals surface area contributed by atoms with Gasteiger partial charge in [0.1, 0.15) is 0 Å². The molecule has 0 aliphatic heterocycles. The van der Waals surface area contributed by atoms with Gasteiger partial charge in [-0.15, -0.1) is 0 Å². The summed E-state index contributed by atoms with van der Waals surface area (Å²) in [6.45, 7) is 6.09. The standard InChI is InChI=1S/C13H21N3O/c1-3-15-13(17)11-5-6-12(10(2)9-11)16-8-4-7-14/h5-6,9,16H,3-4,7-8,14H2,1-2H3,(H,15,17). The molecule has 0 atom stereocenters. The van der Waals surface area contributed by atoms with Crippen LogP contribution in [-0.2, 0) is 0 Å². The second kappa shape index (κ2) is 6.91. The average molecular weight is 235 g/mol. The molecule has 1 aromatic rings. The predicted octanol–water partition coefficient (Wildman–Crippen LogP) is 1.51. The molecule has 0 saturated carbocycles. The van der Waals surface area contributed by atoms with Crippen LogP contribution in [0.15, 0.2) is 18.2 Å². The fraction of sp³-hybridized carbons (Fsp3) is 0.462. The Kier molecular flexibility index (Phi) is 5.49. The van der Waals surface area contributed by atoms with Crippen molar-refractivity contribution in [2.24, 2.45) is 5.73 Å². The van der Waals surface area contributed by atoms with Crippen molar-refractivity contribution in [1.82, 2.24) is 5.32 Å². The summed E-state index contributed by atoms with van der Waals surface area (Å²) in [5.41, 5.74) is 8.27. The van der Waals surface area contributed by atoms with E-state index in [0.29, 0.717) is 18.7 Å². The van der Waals surface area contributed by atoms with E-state index in [1.165, 1.54) is 0 Å². The Morgan fingerprint density at radius 3 is 2.76 bits per heavy atom. The lowest BCUT2D eigenvalue weighted by Gasteiger charge is -2.10. The number of amides is 1. The first kappa shape index (κ1) is 13.5. The number of aryl methyl sites for hydroxylation is 1. The van der Waals surface area contributed by atoms with Crippen molar-refractivity contribution in [3.05, 3.63) is 29.3 Å². The molecule has 0 spiro atoms. The third-order valence-corrected chi connectivity index (χ3v) is 2.52. The van der Waals surface area contributed by atoms with Crippen LogP contribution < -0.4 is 16.4 Å². The van der Waals surface area contributed by atoms with E-state index in [4.69, 9.17) is 5.73 Å². The number of hydrogen-bond acceptors (Lipinski definition) is 3. The van der Waals surface area contributed by atoms with Crippen molar-refractivity contribution >= 4 is 11.6 Å². The van der Waals surface area contributed by atoms with Crippen molar-refractivity contribution < 1.29 is 4.79 Å². The Morgan fingerprint density at radius 1 is 1.41 bits per heavy atom. The molecule has 17 heavy (non-hydrogen) atoms. The van der Waals surface area contributed by atoms with Crippen LogP contribution in [0.1, 0.15) is 29.3 Å². The molecule has 0 fully saturated rings. The molecule has 0 radical (unpaired) electrons. The van der Waals surface area contributed by atoms with E-state index in [9.17, 15) is 4.79 Å². The quantitative estimate of drug-likeness (QED) is 0.655. The van der Waals surface area contributed by atoms with Crippen molar-refractivity contribution in [2.75, 3.05) is 25.0 Å². The molecule has 0 heterocycles. The van der Waals surface area contributed by atoms with Crippen LogP contribution in [0.4, 0.5) is 5.69 Å². The molecule has 0 bridgehead atoms. The van der Waals surface area contributed by atoms with Crippen molar-refractivity contribution in [3.8, 4) is 0 Å². The van der Waals surface area contributed by atoms with Crippen LogP contribution in [0.2, 0.25) is 0 Å². The lowest BCUT2D eigenvalue weighted by Crippen LogP contribution is -2.22. The average Bonchev–Trinajstić information content (AvgIpc) is 2.31. The van der Waals surface area contributed by atoms with Crippen LogP contribution in [0.5, 0.6) is 0 Å². The molecular formula is C13H21N3O. The number of hydrogen-bond donors (Lipinski definition) is 3. The molecule has 4 N–H and O–H groups in total. The Bertz CT molecular complexity index is 377. The summed E-state index contributed by atoms with van der Waals surface area (Å²) in [7, 11) is 0. The van der Waals surface area contributed by atoms with Gasteiger partial charge in [-0.05, 0) is 50.6 Å². The third kappa shape index (κ3) is 4.07. The van der Waals surface area contributed by atoms with Crippen molar-refractivity contribution in [3.63, 3.8) is 0 Å². The molecule has 0 saturated heterocycles. The van der Waals surface area contributed by atoms with Gasteiger partial charge in [-0.1, -0.05) is 0 Å². The van der Waals surface area contributed by atoms with Crippen LogP contribution in [-0.4, -0.2) is 25.5 Å². The molecule has 1 amide bonds. The summed E-state index contributed by atoms with van der Waals surface area (Å²) in [4.78, 5) is 11.6. The Labute approximate surface area is 103 Å². The van der Waals surface area contributed by atoms with E-state index in [-0.39, 0.29) is 5.91 Å².